The van der Waals surface area contributed by atoms with Crippen molar-refractivity contribution in [2.75, 3.05) is 25.1 Å². The van der Waals surface area contributed by atoms with Gasteiger partial charge in [0, 0.05) is 36.2 Å². The number of ether oxygens (including phenoxy) is 2. The van der Waals surface area contributed by atoms with Gasteiger partial charge in [-0.3, -0.25) is 9.89 Å². The first-order valence-corrected chi connectivity index (χ1v) is 11.9. The Balaban J connectivity index is 1.36. The van der Waals surface area contributed by atoms with Crippen LogP contribution in [0.3, 0.4) is 0 Å². The molecule has 9 nitrogen and oxygen atoms in total. The summed E-state index contributed by atoms with van der Waals surface area (Å²) in [6, 6.07) is 6.41. The highest BCUT2D eigenvalue weighted by molar-refractivity contribution is 7.89. The van der Waals surface area contributed by atoms with Crippen LogP contribution in [0, 0.1) is 0 Å². The summed E-state index contributed by atoms with van der Waals surface area (Å²) in [4.78, 5) is 12.2. The minimum absolute atomic E-state index is 0.0663. The van der Waals surface area contributed by atoms with E-state index in [-0.39, 0.29) is 16.2 Å². The van der Waals surface area contributed by atoms with Gasteiger partial charge in [0.25, 0.3) is 0 Å². The lowest BCUT2D eigenvalue weighted by atomic mass is 9.92. The summed E-state index contributed by atoms with van der Waals surface area (Å²) in [6.45, 7) is 7.34. The number of nitrogens with one attached hydrogen (secondary N) is 3. The fraction of sp³-hybridized carbons (Fsp3) is 0.524. The fourth-order valence-corrected chi connectivity index (χ4v) is 4.13. The number of rotatable bonds is 9. The second kappa shape index (κ2) is 9.69. The van der Waals surface area contributed by atoms with Crippen LogP contribution < -0.4 is 19.5 Å². The molecule has 0 bridgehead atoms. The monoisotopic (exact) mass is 450 g/mol. The molecular formula is C21H30N4O5S. The SMILES string of the molecule is CC(C)(C)c1cc(NC(=O)CCCCCNS(=O)(=O)c2ccc3c(c2)OCCO3)n[nH]1. The van der Waals surface area contributed by atoms with E-state index in [4.69, 9.17) is 9.47 Å². The van der Waals surface area contributed by atoms with Gasteiger partial charge in [-0.05, 0) is 25.0 Å². The number of nitrogens with zero attached hydrogens (tertiary/aromatic N) is 1. The van der Waals surface area contributed by atoms with Gasteiger partial charge in [-0.2, -0.15) is 5.10 Å². The summed E-state index contributed by atoms with van der Waals surface area (Å²) >= 11 is 0. The predicted octanol–water partition coefficient (Wildman–Crippen LogP) is 2.96. The zero-order valence-electron chi connectivity index (χ0n) is 18.2. The summed E-state index contributed by atoms with van der Waals surface area (Å²) in [5.74, 6) is 1.39. The second-order valence-electron chi connectivity index (χ2n) is 8.48. The van der Waals surface area contributed by atoms with Crippen molar-refractivity contribution in [3.63, 3.8) is 0 Å². The third kappa shape index (κ3) is 6.44. The Morgan fingerprint density at radius 2 is 1.84 bits per heavy atom. The van der Waals surface area contributed by atoms with Crippen LogP contribution in [0.2, 0.25) is 0 Å². The zero-order chi connectivity index (χ0) is 22.5. The van der Waals surface area contributed by atoms with Crippen molar-refractivity contribution in [2.45, 2.75) is 56.8 Å². The molecule has 0 aliphatic carbocycles. The molecule has 31 heavy (non-hydrogen) atoms. The molecule has 2 heterocycles. The van der Waals surface area contributed by atoms with Crippen LogP contribution in [0.4, 0.5) is 5.82 Å². The Hall–Kier alpha value is -2.59. The van der Waals surface area contributed by atoms with Crippen molar-refractivity contribution in [3.8, 4) is 11.5 Å². The van der Waals surface area contributed by atoms with Crippen molar-refractivity contribution in [3.05, 3.63) is 30.0 Å². The van der Waals surface area contributed by atoms with E-state index >= 15 is 0 Å². The van der Waals surface area contributed by atoms with E-state index in [1.807, 2.05) is 6.07 Å². The molecule has 1 aromatic heterocycles. The Morgan fingerprint density at radius 1 is 1.10 bits per heavy atom. The molecule has 0 saturated heterocycles. The average Bonchev–Trinajstić information content (AvgIpc) is 3.19. The molecular weight excluding hydrogens is 420 g/mol. The molecule has 0 unspecified atom stereocenters. The molecule has 170 valence electrons. The summed E-state index contributed by atoms with van der Waals surface area (Å²) < 4.78 is 38.3. The Bertz CT molecular complexity index is 1010. The first-order chi connectivity index (χ1) is 14.6. The zero-order valence-corrected chi connectivity index (χ0v) is 19.0. The van der Waals surface area contributed by atoms with E-state index in [1.165, 1.54) is 12.1 Å². The van der Waals surface area contributed by atoms with E-state index in [9.17, 15) is 13.2 Å². The van der Waals surface area contributed by atoms with Crippen molar-refractivity contribution in [1.82, 2.24) is 14.9 Å². The molecule has 2 aromatic rings. The van der Waals surface area contributed by atoms with E-state index in [2.05, 4.69) is 41.0 Å². The van der Waals surface area contributed by atoms with Gasteiger partial charge in [-0.1, -0.05) is 27.2 Å². The number of sulfonamides is 1. The van der Waals surface area contributed by atoms with Crippen LogP contribution in [0.1, 0.15) is 52.1 Å². The molecule has 10 heteroatoms. The highest BCUT2D eigenvalue weighted by atomic mass is 32.2. The fourth-order valence-electron chi connectivity index (χ4n) is 3.04. The topological polar surface area (TPSA) is 122 Å². The van der Waals surface area contributed by atoms with Crippen LogP contribution in [0.25, 0.3) is 0 Å². The molecule has 0 spiro atoms. The molecule has 0 saturated carbocycles. The van der Waals surface area contributed by atoms with Crippen LogP contribution in [0.15, 0.2) is 29.2 Å². The quantitative estimate of drug-likeness (QED) is 0.505. The van der Waals surface area contributed by atoms with Gasteiger partial charge in [0.1, 0.15) is 13.2 Å². The number of amides is 1. The van der Waals surface area contributed by atoms with Crippen molar-refractivity contribution < 1.29 is 22.7 Å². The van der Waals surface area contributed by atoms with E-state index in [0.29, 0.717) is 56.3 Å². The maximum Gasteiger partial charge on any atom is 0.240 e. The Morgan fingerprint density at radius 3 is 2.55 bits per heavy atom. The number of carbonyl (C=O) groups is 1. The number of anilines is 1. The molecule has 1 amide bonds. The summed E-state index contributed by atoms with van der Waals surface area (Å²) in [5.41, 5.74) is 0.886. The Labute approximate surface area is 183 Å². The van der Waals surface area contributed by atoms with Gasteiger partial charge >= 0.3 is 0 Å². The highest BCUT2D eigenvalue weighted by Gasteiger charge is 2.19. The van der Waals surface area contributed by atoms with E-state index in [0.717, 1.165) is 12.1 Å². The van der Waals surface area contributed by atoms with E-state index < -0.39 is 10.0 Å². The first kappa shape index (κ1) is 23.1. The molecule has 1 aliphatic rings. The maximum atomic E-state index is 12.5. The Kier molecular flexibility index (Phi) is 7.22. The van der Waals surface area contributed by atoms with Gasteiger partial charge in [-0.25, -0.2) is 13.1 Å². The molecule has 3 N–H and O–H groups in total. The van der Waals surface area contributed by atoms with Crippen LogP contribution in [-0.4, -0.2) is 44.3 Å². The summed E-state index contributed by atoms with van der Waals surface area (Å²) in [5, 5.41) is 9.83. The van der Waals surface area contributed by atoms with Crippen molar-refractivity contribution in [1.29, 1.82) is 0 Å². The highest BCUT2D eigenvalue weighted by Crippen LogP contribution is 2.32. The van der Waals surface area contributed by atoms with Gasteiger partial charge < -0.3 is 14.8 Å². The summed E-state index contributed by atoms with van der Waals surface area (Å²) in [7, 11) is -3.62. The lowest BCUT2D eigenvalue weighted by Crippen LogP contribution is -2.25. The normalized spacial score (nSPS) is 13.8. The van der Waals surface area contributed by atoms with Crippen LogP contribution in [0.5, 0.6) is 11.5 Å². The molecule has 3 rings (SSSR count). The standard InChI is InChI=1S/C21H30N4O5S/c1-21(2,3)18-14-19(25-24-18)23-20(26)7-5-4-6-10-22-31(27,28)15-8-9-16-17(13-15)30-12-11-29-16/h8-9,13-14,22H,4-7,10-12H2,1-3H3,(H2,23,24,25,26). The number of benzene rings is 1. The third-order valence-electron chi connectivity index (χ3n) is 4.85. The number of unbranched alkanes of at least 4 members (excludes halogenated alkanes) is 2. The van der Waals surface area contributed by atoms with Gasteiger partial charge in [-0.15, -0.1) is 0 Å². The number of aromatic amines is 1. The third-order valence-corrected chi connectivity index (χ3v) is 6.31. The number of hydrogen-bond donors (Lipinski definition) is 3. The number of fused-ring (bicyclic) bond motifs is 1. The average molecular weight is 451 g/mol. The molecule has 1 aliphatic heterocycles. The lowest BCUT2D eigenvalue weighted by Gasteiger charge is -2.18. The number of hydrogen-bond acceptors (Lipinski definition) is 6. The van der Waals surface area contributed by atoms with Crippen LogP contribution >= 0.6 is 0 Å². The lowest BCUT2D eigenvalue weighted by molar-refractivity contribution is -0.116. The predicted molar refractivity (Wildman–Crippen MR) is 117 cm³/mol. The summed E-state index contributed by atoms with van der Waals surface area (Å²) in [6.07, 6.45) is 2.37. The van der Waals surface area contributed by atoms with E-state index in [1.54, 1.807) is 6.07 Å². The number of aromatic nitrogens is 2. The molecule has 0 radical (unpaired) electrons. The smallest absolute Gasteiger partial charge is 0.240 e. The second-order valence-corrected chi connectivity index (χ2v) is 10.2. The van der Waals surface area contributed by atoms with Crippen molar-refractivity contribution >= 4 is 21.7 Å². The van der Waals surface area contributed by atoms with Gasteiger partial charge in [0.2, 0.25) is 15.9 Å². The molecule has 0 fully saturated rings. The molecule has 1 aromatic carbocycles. The minimum atomic E-state index is -3.62. The van der Waals surface area contributed by atoms with Crippen LogP contribution in [-0.2, 0) is 20.2 Å². The largest absolute Gasteiger partial charge is 0.486 e. The maximum absolute atomic E-state index is 12.5. The van der Waals surface area contributed by atoms with Crippen molar-refractivity contribution in [2.24, 2.45) is 0 Å². The molecule has 0 atom stereocenters. The van der Waals surface area contributed by atoms with Gasteiger partial charge in [0.05, 0.1) is 4.90 Å². The minimum Gasteiger partial charge on any atom is -0.486 e. The first-order valence-electron chi connectivity index (χ1n) is 10.4. The number of H-pyrrole nitrogens is 1. The number of carbonyl (C=O) groups excluding carboxylic acids is 1. The van der Waals surface area contributed by atoms with Gasteiger partial charge in [0.15, 0.2) is 17.3 Å².